The van der Waals surface area contributed by atoms with Crippen LogP contribution in [0.25, 0.3) is 0 Å². The molecule has 5 rings (SSSR count). The molecular weight excluding hydrogens is 396 g/mol. The summed E-state index contributed by atoms with van der Waals surface area (Å²) >= 11 is 0. The molecule has 0 aromatic heterocycles. The number of fused-ring (bicyclic) bond motifs is 2. The SMILES string of the molecule is Cc1cc([N+](=O)[O-])cc(C)c1Oc1ccc2c(c1)C1(CCC1)C(=O)N2C1CCCCO1. The number of ether oxygens (including phenoxy) is 2. The molecule has 162 valence electrons. The Kier molecular flexibility index (Phi) is 4.73. The zero-order valence-electron chi connectivity index (χ0n) is 17.8. The van der Waals surface area contributed by atoms with E-state index in [1.807, 2.05) is 36.9 Å². The maximum absolute atomic E-state index is 13.5. The van der Waals surface area contributed by atoms with Crippen LogP contribution in [-0.2, 0) is 14.9 Å². The number of nitro benzene ring substituents is 1. The van der Waals surface area contributed by atoms with Crippen LogP contribution in [-0.4, -0.2) is 23.7 Å². The van der Waals surface area contributed by atoms with Crippen LogP contribution >= 0.6 is 0 Å². The van der Waals surface area contributed by atoms with Crippen molar-refractivity contribution < 1.29 is 19.2 Å². The Morgan fingerprint density at radius 2 is 1.87 bits per heavy atom. The number of rotatable bonds is 4. The van der Waals surface area contributed by atoms with E-state index in [4.69, 9.17) is 9.47 Å². The van der Waals surface area contributed by atoms with Crippen molar-refractivity contribution >= 4 is 17.3 Å². The van der Waals surface area contributed by atoms with Crippen molar-refractivity contribution in [2.45, 2.75) is 64.0 Å². The molecule has 2 aromatic carbocycles. The van der Waals surface area contributed by atoms with E-state index < -0.39 is 10.3 Å². The second kappa shape index (κ2) is 7.34. The van der Waals surface area contributed by atoms with Gasteiger partial charge in [0.25, 0.3) is 5.69 Å². The van der Waals surface area contributed by atoms with Gasteiger partial charge >= 0.3 is 0 Å². The van der Waals surface area contributed by atoms with E-state index in [0.29, 0.717) is 29.2 Å². The first-order valence-corrected chi connectivity index (χ1v) is 10.9. The third kappa shape index (κ3) is 3.10. The topological polar surface area (TPSA) is 81.9 Å². The van der Waals surface area contributed by atoms with E-state index in [0.717, 1.165) is 49.8 Å². The highest BCUT2D eigenvalue weighted by Crippen LogP contribution is 2.55. The van der Waals surface area contributed by atoms with Gasteiger partial charge in [0.05, 0.1) is 16.0 Å². The molecular formula is C24H26N2O5. The summed E-state index contributed by atoms with van der Waals surface area (Å²) in [5.74, 6) is 1.41. The van der Waals surface area contributed by atoms with E-state index >= 15 is 0 Å². The standard InChI is InChI=1S/C24H26N2O5/c1-15-12-17(26(28)29)13-16(2)22(15)31-18-7-8-20-19(14-18)24(9-5-10-24)23(27)25(20)21-6-3-4-11-30-21/h7-8,12-14,21H,3-6,9-11H2,1-2H3. The fourth-order valence-corrected chi connectivity index (χ4v) is 5.17. The van der Waals surface area contributed by atoms with Gasteiger partial charge in [0.15, 0.2) is 0 Å². The molecule has 7 heteroatoms. The number of anilines is 1. The summed E-state index contributed by atoms with van der Waals surface area (Å²) in [6, 6.07) is 8.86. The van der Waals surface area contributed by atoms with Crippen LogP contribution in [0.5, 0.6) is 11.5 Å². The lowest BCUT2D eigenvalue weighted by molar-refractivity contribution is -0.385. The fourth-order valence-electron chi connectivity index (χ4n) is 5.17. The van der Waals surface area contributed by atoms with Gasteiger partial charge in [0, 0.05) is 18.7 Å². The molecule has 0 N–H and O–H groups in total. The molecule has 2 aromatic rings. The first kappa shape index (κ1) is 20.0. The number of nitro groups is 1. The van der Waals surface area contributed by atoms with Gasteiger partial charge < -0.3 is 9.47 Å². The highest BCUT2D eigenvalue weighted by Gasteiger charge is 2.56. The van der Waals surface area contributed by atoms with Gasteiger partial charge in [-0.25, -0.2) is 0 Å². The maximum atomic E-state index is 13.5. The lowest BCUT2D eigenvalue weighted by atomic mass is 9.65. The van der Waals surface area contributed by atoms with E-state index in [1.54, 1.807) is 0 Å². The Hall–Kier alpha value is -2.93. The summed E-state index contributed by atoms with van der Waals surface area (Å²) < 4.78 is 12.2. The van der Waals surface area contributed by atoms with Crippen LogP contribution in [0.15, 0.2) is 30.3 Å². The van der Waals surface area contributed by atoms with Crippen molar-refractivity contribution in [2.24, 2.45) is 0 Å². The van der Waals surface area contributed by atoms with Gasteiger partial charge in [0.2, 0.25) is 5.91 Å². The molecule has 1 atom stereocenters. The van der Waals surface area contributed by atoms with Crippen molar-refractivity contribution in [1.82, 2.24) is 0 Å². The summed E-state index contributed by atoms with van der Waals surface area (Å²) in [5, 5.41) is 11.1. The summed E-state index contributed by atoms with van der Waals surface area (Å²) in [5.41, 5.74) is 2.96. The van der Waals surface area contributed by atoms with E-state index in [-0.39, 0.29) is 17.8 Å². The largest absolute Gasteiger partial charge is 0.457 e. The van der Waals surface area contributed by atoms with Crippen molar-refractivity contribution in [2.75, 3.05) is 11.5 Å². The van der Waals surface area contributed by atoms with Crippen LogP contribution in [0, 0.1) is 24.0 Å². The molecule has 3 aliphatic rings. The molecule has 2 aliphatic heterocycles. The molecule has 1 amide bonds. The predicted molar refractivity (Wildman–Crippen MR) is 116 cm³/mol. The number of aryl methyl sites for hydroxylation is 2. The Balaban J connectivity index is 1.51. The lowest BCUT2D eigenvalue weighted by Crippen LogP contribution is -2.50. The van der Waals surface area contributed by atoms with Gasteiger partial charge in [-0.05, 0) is 80.8 Å². The summed E-state index contributed by atoms with van der Waals surface area (Å²) in [6.45, 7) is 4.31. The second-order valence-electron chi connectivity index (χ2n) is 8.88. The van der Waals surface area contributed by atoms with Crippen molar-refractivity contribution in [1.29, 1.82) is 0 Å². The third-order valence-corrected chi connectivity index (χ3v) is 6.90. The lowest BCUT2D eigenvalue weighted by Gasteiger charge is -2.38. The molecule has 2 heterocycles. The number of amides is 1. The molecule has 2 fully saturated rings. The van der Waals surface area contributed by atoms with E-state index in [2.05, 4.69) is 0 Å². The molecule has 1 aliphatic carbocycles. The Bertz CT molecular complexity index is 1050. The molecule has 1 saturated heterocycles. The van der Waals surface area contributed by atoms with Gasteiger partial charge in [-0.2, -0.15) is 0 Å². The average molecular weight is 422 g/mol. The monoisotopic (exact) mass is 422 g/mol. The number of carbonyl (C=O) groups excluding carboxylic acids is 1. The van der Waals surface area contributed by atoms with Crippen LogP contribution < -0.4 is 9.64 Å². The van der Waals surface area contributed by atoms with Gasteiger partial charge in [-0.3, -0.25) is 19.8 Å². The summed E-state index contributed by atoms with van der Waals surface area (Å²) in [6.07, 6.45) is 5.51. The number of hydrogen-bond donors (Lipinski definition) is 0. The van der Waals surface area contributed by atoms with Crippen molar-refractivity contribution in [3.63, 3.8) is 0 Å². The van der Waals surface area contributed by atoms with Gasteiger partial charge in [-0.15, -0.1) is 0 Å². The number of nitrogens with zero attached hydrogens (tertiary/aromatic N) is 2. The van der Waals surface area contributed by atoms with E-state index in [1.165, 1.54) is 12.1 Å². The summed E-state index contributed by atoms with van der Waals surface area (Å²) in [4.78, 5) is 26.1. The molecule has 0 radical (unpaired) electrons. The number of non-ortho nitro benzene ring substituents is 1. The zero-order chi connectivity index (χ0) is 21.8. The zero-order valence-corrected chi connectivity index (χ0v) is 17.8. The number of benzene rings is 2. The van der Waals surface area contributed by atoms with Crippen molar-refractivity contribution in [3.8, 4) is 11.5 Å². The van der Waals surface area contributed by atoms with Crippen LogP contribution in [0.2, 0.25) is 0 Å². The minimum absolute atomic E-state index is 0.0541. The van der Waals surface area contributed by atoms with E-state index in [9.17, 15) is 14.9 Å². The molecule has 0 bridgehead atoms. The first-order valence-electron chi connectivity index (χ1n) is 10.9. The first-order chi connectivity index (χ1) is 14.9. The minimum Gasteiger partial charge on any atom is -0.457 e. The summed E-state index contributed by atoms with van der Waals surface area (Å²) in [7, 11) is 0. The van der Waals surface area contributed by atoms with Crippen LogP contribution in [0.1, 0.15) is 55.2 Å². The quantitative estimate of drug-likeness (QED) is 0.493. The molecule has 1 saturated carbocycles. The molecule has 31 heavy (non-hydrogen) atoms. The second-order valence-corrected chi connectivity index (χ2v) is 8.88. The van der Waals surface area contributed by atoms with Crippen molar-refractivity contribution in [3.05, 3.63) is 57.1 Å². The van der Waals surface area contributed by atoms with Gasteiger partial charge in [-0.1, -0.05) is 6.42 Å². The van der Waals surface area contributed by atoms with Gasteiger partial charge in [0.1, 0.15) is 17.7 Å². The smallest absolute Gasteiger partial charge is 0.270 e. The minimum atomic E-state index is -0.463. The van der Waals surface area contributed by atoms with Crippen LogP contribution in [0.3, 0.4) is 0 Å². The number of carbonyl (C=O) groups is 1. The highest BCUT2D eigenvalue weighted by atomic mass is 16.6. The highest BCUT2D eigenvalue weighted by molar-refractivity contribution is 6.09. The average Bonchev–Trinajstić information content (AvgIpc) is 2.98. The van der Waals surface area contributed by atoms with Crippen LogP contribution in [0.4, 0.5) is 11.4 Å². The molecule has 7 nitrogen and oxygen atoms in total. The predicted octanol–water partition coefficient (Wildman–Crippen LogP) is 5.30. The molecule has 1 unspecified atom stereocenters. The Morgan fingerprint density at radius 1 is 1.13 bits per heavy atom. The maximum Gasteiger partial charge on any atom is 0.270 e. The Morgan fingerprint density at radius 3 is 2.45 bits per heavy atom. The third-order valence-electron chi connectivity index (χ3n) is 6.90. The fraction of sp³-hybridized carbons (Fsp3) is 0.458. The normalized spacial score (nSPS) is 21.7. The Labute approximate surface area is 181 Å². The number of hydrogen-bond acceptors (Lipinski definition) is 5. The molecule has 1 spiro atoms.